The Bertz CT molecular complexity index is 260. The van der Waals surface area contributed by atoms with Crippen LogP contribution in [0.5, 0.6) is 0 Å². The molecule has 0 N–H and O–H groups in total. The van der Waals surface area contributed by atoms with Gasteiger partial charge in [0.15, 0.2) is 0 Å². The van der Waals surface area contributed by atoms with Crippen molar-refractivity contribution in [2.45, 2.75) is 6.04 Å². The molecule has 5 heteroatoms. The summed E-state index contributed by atoms with van der Waals surface area (Å²) >= 11 is 0. The van der Waals surface area contributed by atoms with Crippen LogP contribution in [0.25, 0.3) is 0 Å². The third kappa shape index (κ3) is 2.06. The van der Waals surface area contributed by atoms with E-state index in [2.05, 4.69) is 6.58 Å². The zero-order valence-electron chi connectivity index (χ0n) is 7.06. The third-order valence-corrected chi connectivity index (χ3v) is 3.12. The second kappa shape index (κ2) is 3.55. The maximum atomic E-state index is 11.2. The normalized spacial score (nSPS) is 26.9. The van der Waals surface area contributed by atoms with Gasteiger partial charge < -0.3 is 4.74 Å². The van der Waals surface area contributed by atoms with Crippen LogP contribution in [0.2, 0.25) is 0 Å². The van der Waals surface area contributed by atoms with Crippen molar-refractivity contribution < 1.29 is 13.2 Å². The van der Waals surface area contributed by atoms with Crippen LogP contribution < -0.4 is 0 Å². The second-order valence-electron chi connectivity index (χ2n) is 2.75. The van der Waals surface area contributed by atoms with E-state index in [1.165, 1.54) is 10.6 Å². The Kier molecular flexibility index (Phi) is 2.87. The fraction of sp³-hybridized carbons (Fsp3) is 0.714. The van der Waals surface area contributed by atoms with Gasteiger partial charge in [0.1, 0.15) is 0 Å². The Balaban J connectivity index is 2.79. The van der Waals surface area contributed by atoms with Gasteiger partial charge in [-0.3, -0.25) is 0 Å². The van der Waals surface area contributed by atoms with E-state index in [0.29, 0.717) is 19.8 Å². The molecule has 1 fully saturated rings. The van der Waals surface area contributed by atoms with E-state index >= 15 is 0 Å². The van der Waals surface area contributed by atoms with Crippen LogP contribution in [0.3, 0.4) is 0 Å². The van der Waals surface area contributed by atoms with Crippen molar-refractivity contribution in [3.8, 4) is 0 Å². The molecule has 0 amide bonds. The zero-order valence-corrected chi connectivity index (χ0v) is 7.88. The number of nitrogens with zero attached hydrogens (tertiary/aromatic N) is 1. The second-order valence-corrected chi connectivity index (χ2v) is 4.69. The number of hydrogen-bond acceptors (Lipinski definition) is 3. The molecule has 1 rings (SSSR count). The highest BCUT2D eigenvalue weighted by Crippen LogP contribution is 2.11. The largest absolute Gasteiger partial charge is 0.378 e. The molecule has 1 heterocycles. The molecule has 0 aromatic heterocycles. The first-order valence-electron chi connectivity index (χ1n) is 3.73. The summed E-state index contributed by atoms with van der Waals surface area (Å²) in [5, 5.41) is 0. The predicted octanol–water partition coefficient (Wildman–Crippen LogP) is -0.167. The summed E-state index contributed by atoms with van der Waals surface area (Å²) in [4.78, 5) is 0. The molecule has 0 bridgehead atoms. The molecule has 12 heavy (non-hydrogen) atoms. The van der Waals surface area contributed by atoms with Crippen LogP contribution >= 0.6 is 0 Å². The molecule has 1 aliphatic heterocycles. The minimum absolute atomic E-state index is 0.200. The van der Waals surface area contributed by atoms with Gasteiger partial charge in [-0.25, -0.2) is 8.42 Å². The van der Waals surface area contributed by atoms with Crippen LogP contribution in [-0.4, -0.2) is 44.8 Å². The molecular formula is C7H13NO3S. The van der Waals surface area contributed by atoms with E-state index in [-0.39, 0.29) is 6.04 Å². The van der Waals surface area contributed by atoms with Gasteiger partial charge in [-0.1, -0.05) is 6.08 Å². The summed E-state index contributed by atoms with van der Waals surface area (Å²) in [7, 11) is -3.11. The smallest absolute Gasteiger partial charge is 0.211 e. The van der Waals surface area contributed by atoms with Gasteiger partial charge in [-0.2, -0.15) is 4.31 Å². The number of rotatable bonds is 2. The van der Waals surface area contributed by atoms with E-state index < -0.39 is 10.0 Å². The van der Waals surface area contributed by atoms with Gasteiger partial charge in [-0.05, 0) is 0 Å². The summed E-state index contributed by atoms with van der Waals surface area (Å²) in [6.45, 7) is 4.87. The minimum atomic E-state index is -3.11. The molecule has 0 spiro atoms. The molecule has 1 saturated heterocycles. The highest BCUT2D eigenvalue weighted by Gasteiger charge is 2.27. The van der Waals surface area contributed by atoms with Crippen LogP contribution in [0.15, 0.2) is 12.7 Å². The van der Waals surface area contributed by atoms with Crippen molar-refractivity contribution in [1.29, 1.82) is 0 Å². The van der Waals surface area contributed by atoms with E-state index in [0.717, 1.165) is 0 Å². The highest BCUT2D eigenvalue weighted by molar-refractivity contribution is 7.88. The number of morpholine rings is 1. The van der Waals surface area contributed by atoms with E-state index in [9.17, 15) is 8.42 Å². The van der Waals surface area contributed by atoms with Crippen molar-refractivity contribution in [3.63, 3.8) is 0 Å². The lowest BCUT2D eigenvalue weighted by Crippen LogP contribution is -2.46. The lowest BCUT2D eigenvalue weighted by atomic mass is 10.3. The zero-order chi connectivity index (χ0) is 9.19. The van der Waals surface area contributed by atoms with Crippen molar-refractivity contribution in [3.05, 3.63) is 12.7 Å². The average Bonchev–Trinajstić information content (AvgIpc) is 2.03. The Labute approximate surface area is 72.9 Å². The maximum absolute atomic E-state index is 11.2. The molecule has 0 saturated carbocycles. The van der Waals surface area contributed by atoms with Crippen LogP contribution in [0, 0.1) is 0 Å². The fourth-order valence-electron chi connectivity index (χ4n) is 1.20. The van der Waals surface area contributed by atoms with E-state index in [4.69, 9.17) is 4.74 Å². The first-order valence-corrected chi connectivity index (χ1v) is 5.57. The third-order valence-electron chi connectivity index (χ3n) is 1.81. The Hall–Kier alpha value is -0.390. The summed E-state index contributed by atoms with van der Waals surface area (Å²) in [5.41, 5.74) is 0. The lowest BCUT2D eigenvalue weighted by molar-refractivity contribution is 0.0492. The monoisotopic (exact) mass is 191 g/mol. The fourth-order valence-corrected chi connectivity index (χ4v) is 2.25. The topological polar surface area (TPSA) is 46.6 Å². The molecule has 0 aromatic rings. The van der Waals surface area contributed by atoms with Gasteiger partial charge in [0.2, 0.25) is 10.0 Å². The molecular weight excluding hydrogens is 178 g/mol. The summed E-state index contributed by atoms with van der Waals surface area (Å²) in [5.74, 6) is 0. The van der Waals surface area contributed by atoms with Gasteiger partial charge in [0.05, 0.1) is 25.5 Å². The molecule has 0 radical (unpaired) electrons. The van der Waals surface area contributed by atoms with Gasteiger partial charge in [-0.15, -0.1) is 6.58 Å². The minimum Gasteiger partial charge on any atom is -0.378 e. The van der Waals surface area contributed by atoms with E-state index in [1.807, 2.05) is 0 Å². The Morgan fingerprint density at radius 3 is 2.75 bits per heavy atom. The number of hydrogen-bond donors (Lipinski definition) is 0. The summed E-state index contributed by atoms with van der Waals surface area (Å²) < 4.78 is 28.9. The van der Waals surface area contributed by atoms with Crippen molar-refractivity contribution in [1.82, 2.24) is 4.31 Å². The molecule has 0 unspecified atom stereocenters. The quantitative estimate of drug-likeness (QED) is 0.569. The number of ether oxygens (including phenoxy) is 1. The molecule has 1 atom stereocenters. The van der Waals surface area contributed by atoms with E-state index in [1.54, 1.807) is 6.08 Å². The van der Waals surface area contributed by atoms with Crippen LogP contribution in [0.4, 0.5) is 0 Å². The van der Waals surface area contributed by atoms with Crippen molar-refractivity contribution in [2.24, 2.45) is 0 Å². The van der Waals surface area contributed by atoms with Crippen molar-refractivity contribution in [2.75, 3.05) is 26.0 Å². The first-order chi connectivity index (χ1) is 5.55. The van der Waals surface area contributed by atoms with Gasteiger partial charge in [0, 0.05) is 6.54 Å². The Morgan fingerprint density at radius 1 is 1.67 bits per heavy atom. The summed E-state index contributed by atoms with van der Waals surface area (Å²) in [6.07, 6.45) is 2.80. The van der Waals surface area contributed by atoms with Gasteiger partial charge in [0.25, 0.3) is 0 Å². The SMILES string of the molecule is C=C[C@H]1COCCN1S(C)(=O)=O. The van der Waals surface area contributed by atoms with Crippen LogP contribution in [0.1, 0.15) is 0 Å². The highest BCUT2D eigenvalue weighted by atomic mass is 32.2. The molecule has 0 aliphatic carbocycles. The van der Waals surface area contributed by atoms with Crippen molar-refractivity contribution >= 4 is 10.0 Å². The number of sulfonamides is 1. The average molecular weight is 191 g/mol. The molecule has 1 aliphatic rings. The predicted molar refractivity (Wildman–Crippen MR) is 46.4 cm³/mol. The Morgan fingerprint density at radius 2 is 2.33 bits per heavy atom. The van der Waals surface area contributed by atoms with Gasteiger partial charge >= 0.3 is 0 Å². The summed E-state index contributed by atoms with van der Waals surface area (Å²) in [6, 6.07) is -0.200. The maximum Gasteiger partial charge on any atom is 0.211 e. The van der Waals surface area contributed by atoms with Crippen LogP contribution in [-0.2, 0) is 14.8 Å². The molecule has 70 valence electrons. The lowest BCUT2D eigenvalue weighted by Gasteiger charge is -2.31. The first kappa shape index (κ1) is 9.70. The molecule has 0 aromatic carbocycles. The molecule has 4 nitrogen and oxygen atoms in total. The standard InChI is InChI=1S/C7H13NO3S/c1-3-7-6-11-5-4-8(7)12(2,9)10/h3,7H,1,4-6H2,2H3/t7-/m0/s1.